The van der Waals surface area contributed by atoms with Crippen molar-refractivity contribution in [3.8, 4) is 0 Å². The predicted molar refractivity (Wildman–Crippen MR) is 95.2 cm³/mol. The lowest BCUT2D eigenvalue weighted by Crippen LogP contribution is -2.27. The number of rotatable bonds is 7. The predicted octanol–water partition coefficient (Wildman–Crippen LogP) is 3.78. The molecule has 0 aliphatic rings. The van der Waals surface area contributed by atoms with Gasteiger partial charge in [0, 0.05) is 19.3 Å². The van der Waals surface area contributed by atoms with Crippen molar-refractivity contribution in [3.05, 3.63) is 15.1 Å². The first-order valence-electron chi connectivity index (χ1n) is 7.78. The molecule has 1 unspecified atom stereocenters. The second-order valence-electron chi connectivity index (χ2n) is 5.72. The summed E-state index contributed by atoms with van der Waals surface area (Å²) in [4.78, 5) is 19.9. The van der Waals surface area contributed by atoms with Gasteiger partial charge in [0.15, 0.2) is 10.8 Å². The Kier molecular flexibility index (Phi) is 5.86. The van der Waals surface area contributed by atoms with Crippen LogP contribution < -0.4 is 5.69 Å². The zero-order chi connectivity index (χ0) is 16.3. The first-order chi connectivity index (χ1) is 10.5. The summed E-state index contributed by atoms with van der Waals surface area (Å²) in [5.41, 5.74) is 1.25. The van der Waals surface area contributed by atoms with E-state index in [1.165, 1.54) is 41.2 Å². The van der Waals surface area contributed by atoms with E-state index in [0.29, 0.717) is 15.5 Å². The average molecular weight is 341 g/mol. The summed E-state index contributed by atoms with van der Waals surface area (Å²) in [5, 5.41) is 1.34. The lowest BCUT2D eigenvalue weighted by atomic mass is 10.1. The molecule has 22 heavy (non-hydrogen) atoms. The van der Waals surface area contributed by atoms with Crippen molar-refractivity contribution in [2.24, 2.45) is 14.1 Å². The van der Waals surface area contributed by atoms with Crippen LogP contribution in [0.4, 0.5) is 0 Å². The standard InChI is InChI=1S/C15H24N4OS2/c1-5-6-7-8-9-10(2)22-14-16-11-12(17-14)18(3)15(20)19(4)13(11)21/h10H,5-9H2,1-4H3,(H,16,17). The third-order valence-corrected chi connectivity index (χ3v) is 5.38. The van der Waals surface area contributed by atoms with E-state index in [2.05, 4.69) is 23.8 Å². The fourth-order valence-corrected chi connectivity index (χ4v) is 3.65. The van der Waals surface area contributed by atoms with Crippen molar-refractivity contribution in [1.29, 1.82) is 0 Å². The summed E-state index contributed by atoms with van der Waals surface area (Å²) in [5.74, 6) is 0. The van der Waals surface area contributed by atoms with Crippen LogP contribution in [-0.2, 0) is 14.1 Å². The van der Waals surface area contributed by atoms with Gasteiger partial charge in [0.2, 0.25) is 0 Å². The van der Waals surface area contributed by atoms with E-state index in [0.717, 1.165) is 10.7 Å². The van der Waals surface area contributed by atoms with E-state index in [1.54, 1.807) is 25.9 Å². The summed E-state index contributed by atoms with van der Waals surface area (Å²) in [6.45, 7) is 4.45. The molecule has 5 nitrogen and oxygen atoms in total. The van der Waals surface area contributed by atoms with Gasteiger partial charge in [-0.1, -0.05) is 63.5 Å². The van der Waals surface area contributed by atoms with Crippen molar-refractivity contribution in [2.75, 3.05) is 0 Å². The van der Waals surface area contributed by atoms with Crippen molar-refractivity contribution in [1.82, 2.24) is 19.1 Å². The highest BCUT2D eigenvalue weighted by Gasteiger charge is 2.13. The minimum atomic E-state index is -0.145. The summed E-state index contributed by atoms with van der Waals surface area (Å²) in [6, 6.07) is 0. The largest absolute Gasteiger partial charge is 0.330 e. The second kappa shape index (κ2) is 7.46. The van der Waals surface area contributed by atoms with Gasteiger partial charge >= 0.3 is 5.69 Å². The van der Waals surface area contributed by atoms with Crippen molar-refractivity contribution in [3.63, 3.8) is 0 Å². The molecule has 2 aromatic heterocycles. The number of hydrogen-bond donors (Lipinski definition) is 1. The smallest absolute Gasteiger partial charge is 0.329 e. The second-order valence-corrected chi connectivity index (χ2v) is 7.54. The van der Waals surface area contributed by atoms with Crippen molar-refractivity contribution < 1.29 is 0 Å². The fourth-order valence-electron chi connectivity index (χ4n) is 2.47. The third-order valence-electron chi connectivity index (χ3n) is 3.85. The highest BCUT2D eigenvalue weighted by Crippen LogP contribution is 2.26. The van der Waals surface area contributed by atoms with E-state index >= 15 is 0 Å². The molecule has 0 saturated carbocycles. The third kappa shape index (κ3) is 3.63. The number of H-pyrrole nitrogens is 1. The quantitative estimate of drug-likeness (QED) is 0.473. The van der Waals surface area contributed by atoms with Gasteiger partial charge in [-0.15, -0.1) is 0 Å². The molecule has 2 heterocycles. The van der Waals surface area contributed by atoms with Crippen LogP contribution in [0.3, 0.4) is 0 Å². The molecule has 0 spiro atoms. The number of thioether (sulfide) groups is 1. The summed E-state index contributed by atoms with van der Waals surface area (Å²) in [7, 11) is 3.41. The Labute approximate surface area is 140 Å². The van der Waals surface area contributed by atoms with E-state index < -0.39 is 0 Å². The summed E-state index contributed by atoms with van der Waals surface area (Å²) >= 11 is 7.06. The van der Waals surface area contributed by atoms with Gasteiger partial charge in [0.05, 0.1) is 0 Å². The lowest BCUT2D eigenvalue weighted by molar-refractivity contribution is 0.630. The number of aromatic amines is 1. The molecule has 0 amide bonds. The molecule has 1 atom stereocenters. The molecular weight excluding hydrogens is 316 g/mol. The van der Waals surface area contributed by atoms with Gasteiger partial charge in [-0.25, -0.2) is 9.78 Å². The molecule has 1 N–H and O–H groups in total. The molecular formula is C15H24N4OS2. The molecule has 0 fully saturated rings. The minimum Gasteiger partial charge on any atom is -0.329 e. The number of nitrogens with one attached hydrogen (secondary N) is 1. The van der Waals surface area contributed by atoms with Gasteiger partial charge in [-0.05, 0) is 6.42 Å². The highest BCUT2D eigenvalue weighted by molar-refractivity contribution is 7.99. The molecule has 0 aliphatic heterocycles. The molecule has 0 bridgehead atoms. The van der Waals surface area contributed by atoms with Crippen molar-refractivity contribution >= 4 is 35.1 Å². The van der Waals surface area contributed by atoms with Gasteiger partial charge < -0.3 is 4.98 Å². The maximum atomic E-state index is 12.0. The van der Waals surface area contributed by atoms with Crippen LogP contribution in [0, 0.1) is 4.64 Å². The van der Waals surface area contributed by atoms with E-state index in [-0.39, 0.29) is 5.69 Å². The van der Waals surface area contributed by atoms with Crippen LogP contribution in [0.2, 0.25) is 0 Å². The number of aryl methyl sites for hydroxylation is 1. The molecule has 7 heteroatoms. The summed E-state index contributed by atoms with van der Waals surface area (Å²) < 4.78 is 3.52. The Hall–Kier alpha value is -1.08. The Morgan fingerprint density at radius 3 is 2.68 bits per heavy atom. The van der Waals surface area contributed by atoms with Gasteiger partial charge in [-0.2, -0.15) is 0 Å². The molecule has 122 valence electrons. The Bertz CT molecular complexity index is 759. The first kappa shape index (κ1) is 17.3. The number of nitrogens with zero attached hydrogens (tertiary/aromatic N) is 3. The van der Waals surface area contributed by atoms with Gasteiger partial charge in [-0.3, -0.25) is 9.13 Å². The zero-order valence-electron chi connectivity index (χ0n) is 13.7. The Morgan fingerprint density at radius 1 is 1.27 bits per heavy atom. The molecule has 0 aliphatic carbocycles. The van der Waals surface area contributed by atoms with E-state index in [9.17, 15) is 4.79 Å². The fraction of sp³-hybridized carbons (Fsp3) is 0.667. The summed E-state index contributed by atoms with van der Waals surface area (Å²) in [6.07, 6.45) is 6.29. The average Bonchev–Trinajstić information content (AvgIpc) is 2.91. The maximum absolute atomic E-state index is 12.0. The monoisotopic (exact) mass is 340 g/mol. The zero-order valence-corrected chi connectivity index (χ0v) is 15.3. The number of imidazole rings is 1. The number of hydrogen-bond acceptors (Lipinski definition) is 4. The molecule has 2 rings (SSSR count). The molecule has 0 saturated heterocycles. The molecule has 2 aromatic rings. The van der Waals surface area contributed by atoms with Crippen LogP contribution in [0.25, 0.3) is 11.2 Å². The Balaban J connectivity index is 2.17. The molecule has 0 aromatic carbocycles. The first-order valence-corrected chi connectivity index (χ1v) is 9.06. The number of fused-ring (bicyclic) bond motifs is 1. The van der Waals surface area contributed by atoms with Crippen LogP contribution in [-0.4, -0.2) is 24.4 Å². The van der Waals surface area contributed by atoms with Crippen molar-refractivity contribution in [2.45, 2.75) is 56.4 Å². The topological polar surface area (TPSA) is 55.6 Å². The van der Waals surface area contributed by atoms with Crippen LogP contribution in [0.15, 0.2) is 9.95 Å². The Morgan fingerprint density at radius 2 is 2.00 bits per heavy atom. The van der Waals surface area contributed by atoms with Gasteiger partial charge in [0.1, 0.15) is 10.2 Å². The lowest BCUT2D eigenvalue weighted by Gasteiger charge is -2.08. The normalized spacial score (nSPS) is 12.9. The van der Waals surface area contributed by atoms with Crippen LogP contribution >= 0.6 is 24.0 Å². The number of unbranched alkanes of at least 4 members (excludes halogenated alkanes) is 3. The van der Waals surface area contributed by atoms with E-state index in [4.69, 9.17) is 12.2 Å². The number of aromatic nitrogens is 4. The van der Waals surface area contributed by atoms with Crippen LogP contribution in [0.1, 0.15) is 46.0 Å². The molecule has 0 radical (unpaired) electrons. The maximum Gasteiger partial charge on any atom is 0.330 e. The minimum absolute atomic E-state index is 0.145. The highest BCUT2D eigenvalue weighted by atomic mass is 32.2. The SMILES string of the molecule is CCCCCCC(C)Sc1nc2c([nH]1)c(=S)n(C)c(=O)n2C. The van der Waals surface area contributed by atoms with Gasteiger partial charge in [0.25, 0.3) is 0 Å². The van der Waals surface area contributed by atoms with E-state index in [1.807, 2.05) is 0 Å². The van der Waals surface area contributed by atoms with Crippen LogP contribution in [0.5, 0.6) is 0 Å².